The highest BCUT2D eigenvalue weighted by Crippen LogP contribution is 2.24. The highest BCUT2D eigenvalue weighted by molar-refractivity contribution is 7.89. The van der Waals surface area contributed by atoms with Crippen LogP contribution in [0.4, 0.5) is 5.69 Å². The molecular weight excluding hydrogens is 340 g/mol. The molecule has 0 spiro atoms. The number of benzene rings is 1. The lowest BCUT2D eigenvalue weighted by atomic mass is 9.97. The lowest BCUT2D eigenvalue weighted by Gasteiger charge is -2.30. The lowest BCUT2D eigenvalue weighted by Crippen LogP contribution is -2.41. The molecule has 134 valence electrons. The summed E-state index contributed by atoms with van der Waals surface area (Å²) in [6.07, 6.45) is 3.65. The number of aromatic nitrogens is 2. The third-order valence-electron chi connectivity index (χ3n) is 4.40. The Morgan fingerprint density at radius 3 is 2.40 bits per heavy atom. The minimum Gasteiger partial charge on any atom is -0.335 e. The van der Waals surface area contributed by atoms with Gasteiger partial charge in [0.05, 0.1) is 12.5 Å². The van der Waals surface area contributed by atoms with E-state index in [1.165, 1.54) is 16.8 Å². The summed E-state index contributed by atoms with van der Waals surface area (Å²) in [5.74, 6) is -0.238. The van der Waals surface area contributed by atoms with Crippen molar-refractivity contribution in [1.82, 2.24) is 14.3 Å². The number of carbonyl (C=O) groups excluding carboxylic acids is 1. The molecule has 1 saturated heterocycles. The molecule has 1 aromatic heterocycles. The van der Waals surface area contributed by atoms with E-state index in [-0.39, 0.29) is 16.9 Å². The second kappa shape index (κ2) is 6.97. The number of piperidine rings is 1. The Morgan fingerprint density at radius 1 is 1.20 bits per heavy atom. The molecule has 3 rings (SSSR count). The summed E-state index contributed by atoms with van der Waals surface area (Å²) < 4.78 is 26.3. The maximum Gasteiger partial charge on any atom is 0.260 e. The van der Waals surface area contributed by atoms with E-state index in [4.69, 9.17) is 0 Å². The van der Waals surface area contributed by atoms with Crippen LogP contribution in [0.25, 0.3) is 0 Å². The van der Waals surface area contributed by atoms with Crippen LogP contribution in [0.3, 0.4) is 0 Å². The van der Waals surface area contributed by atoms with Crippen LogP contribution >= 0.6 is 0 Å². The molecular formula is C17H22N4O3S. The SMILES string of the molecule is Cc1cc(C)cc(NC(=O)C2CCN(S(=O)(=O)c3cnc[nH]3)CC2)c1. The number of anilines is 1. The number of aryl methyl sites for hydroxylation is 2. The first kappa shape index (κ1) is 17.6. The van der Waals surface area contributed by atoms with Gasteiger partial charge in [0.15, 0.2) is 5.03 Å². The monoisotopic (exact) mass is 362 g/mol. The van der Waals surface area contributed by atoms with E-state index in [9.17, 15) is 13.2 Å². The Kier molecular flexibility index (Phi) is 4.91. The van der Waals surface area contributed by atoms with Gasteiger partial charge in [0.2, 0.25) is 5.91 Å². The largest absolute Gasteiger partial charge is 0.335 e. The van der Waals surface area contributed by atoms with Crippen molar-refractivity contribution in [1.29, 1.82) is 0 Å². The zero-order valence-corrected chi connectivity index (χ0v) is 15.1. The Bertz CT molecular complexity index is 834. The number of imidazole rings is 1. The third-order valence-corrected chi connectivity index (χ3v) is 6.23. The smallest absolute Gasteiger partial charge is 0.260 e. The number of hydrogen-bond acceptors (Lipinski definition) is 4. The van der Waals surface area contributed by atoms with E-state index in [1.54, 1.807) is 0 Å². The maximum atomic E-state index is 12.5. The van der Waals surface area contributed by atoms with Crippen LogP contribution in [0, 0.1) is 19.8 Å². The summed E-state index contributed by atoms with van der Waals surface area (Å²) in [6.45, 7) is 4.63. The Balaban J connectivity index is 1.61. The van der Waals surface area contributed by atoms with Gasteiger partial charge in [-0.2, -0.15) is 4.31 Å². The molecule has 0 atom stereocenters. The number of nitrogens with one attached hydrogen (secondary N) is 2. The van der Waals surface area contributed by atoms with E-state index < -0.39 is 10.0 Å². The molecule has 0 unspecified atom stereocenters. The fraction of sp³-hybridized carbons (Fsp3) is 0.412. The minimum atomic E-state index is -3.55. The van der Waals surface area contributed by atoms with Gasteiger partial charge in [0, 0.05) is 24.7 Å². The van der Waals surface area contributed by atoms with Crippen LogP contribution in [0.2, 0.25) is 0 Å². The van der Waals surface area contributed by atoms with Crippen LogP contribution < -0.4 is 5.32 Å². The molecule has 2 aromatic rings. The molecule has 2 heterocycles. The number of carbonyl (C=O) groups is 1. The molecule has 2 N–H and O–H groups in total. The minimum absolute atomic E-state index is 0.0522. The average Bonchev–Trinajstić information content (AvgIpc) is 3.09. The fourth-order valence-electron chi connectivity index (χ4n) is 3.17. The van der Waals surface area contributed by atoms with Crippen LogP contribution in [-0.2, 0) is 14.8 Å². The summed E-state index contributed by atoms with van der Waals surface area (Å²) in [5.41, 5.74) is 2.97. The molecule has 1 aromatic carbocycles. The van der Waals surface area contributed by atoms with Gasteiger partial charge < -0.3 is 10.3 Å². The average molecular weight is 362 g/mol. The predicted molar refractivity (Wildman–Crippen MR) is 94.6 cm³/mol. The molecule has 8 heteroatoms. The molecule has 1 aliphatic heterocycles. The number of sulfonamides is 1. The van der Waals surface area contributed by atoms with Crippen molar-refractivity contribution in [3.63, 3.8) is 0 Å². The van der Waals surface area contributed by atoms with Gasteiger partial charge in [-0.05, 0) is 49.9 Å². The Labute approximate surface area is 147 Å². The molecule has 0 aliphatic carbocycles. The van der Waals surface area contributed by atoms with Gasteiger partial charge in [-0.25, -0.2) is 13.4 Å². The van der Waals surface area contributed by atoms with Crippen molar-refractivity contribution in [2.45, 2.75) is 31.7 Å². The van der Waals surface area contributed by atoms with Crippen molar-refractivity contribution >= 4 is 21.6 Å². The molecule has 7 nitrogen and oxygen atoms in total. The zero-order chi connectivity index (χ0) is 18.0. The van der Waals surface area contributed by atoms with Crippen molar-refractivity contribution < 1.29 is 13.2 Å². The number of rotatable bonds is 4. The summed E-state index contributed by atoms with van der Waals surface area (Å²) in [7, 11) is -3.55. The first-order valence-electron chi connectivity index (χ1n) is 8.24. The molecule has 0 saturated carbocycles. The summed E-state index contributed by atoms with van der Waals surface area (Å²) in [5, 5.41) is 3.04. The van der Waals surface area contributed by atoms with E-state index in [0.29, 0.717) is 25.9 Å². The zero-order valence-electron chi connectivity index (χ0n) is 14.3. The normalized spacial score (nSPS) is 16.7. The highest BCUT2D eigenvalue weighted by atomic mass is 32.2. The number of H-pyrrole nitrogens is 1. The summed E-state index contributed by atoms with van der Waals surface area (Å²) in [6, 6.07) is 5.92. The predicted octanol–water partition coefficient (Wildman–Crippen LogP) is 2.07. The first-order chi connectivity index (χ1) is 11.9. The van der Waals surface area contributed by atoms with Crippen molar-refractivity contribution in [3.05, 3.63) is 41.9 Å². The number of nitrogens with zero attached hydrogens (tertiary/aromatic N) is 2. The van der Waals surface area contributed by atoms with Crippen molar-refractivity contribution in [2.24, 2.45) is 5.92 Å². The van der Waals surface area contributed by atoms with Gasteiger partial charge >= 0.3 is 0 Å². The van der Waals surface area contributed by atoms with Crippen LogP contribution in [0.5, 0.6) is 0 Å². The van der Waals surface area contributed by atoms with Gasteiger partial charge in [0.1, 0.15) is 0 Å². The summed E-state index contributed by atoms with van der Waals surface area (Å²) in [4.78, 5) is 18.9. The van der Waals surface area contributed by atoms with E-state index in [0.717, 1.165) is 16.8 Å². The van der Waals surface area contributed by atoms with Gasteiger partial charge in [-0.1, -0.05) is 6.07 Å². The molecule has 0 radical (unpaired) electrons. The summed E-state index contributed by atoms with van der Waals surface area (Å²) >= 11 is 0. The van der Waals surface area contributed by atoms with Crippen molar-refractivity contribution in [2.75, 3.05) is 18.4 Å². The van der Waals surface area contributed by atoms with Gasteiger partial charge in [-0.15, -0.1) is 0 Å². The van der Waals surface area contributed by atoms with E-state index in [2.05, 4.69) is 21.4 Å². The maximum absolute atomic E-state index is 12.5. The second-order valence-electron chi connectivity index (χ2n) is 6.46. The number of hydrogen-bond donors (Lipinski definition) is 2. The highest BCUT2D eigenvalue weighted by Gasteiger charge is 2.32. The molecule has 1 aliphatic rings. The van der Waals surface area contributed by atoms with Gasteiger partial charge in [-0.3, -0.25) is 4.79 Å². The third kappa shape index (κ3) is 3.91. The Morgan fingerprint density at radius 2 is 1.84 bits per heavy atom. The standard InChI is InChI=1S/C17H22N4O3S/c1-12-7-13(2)9-15(8-12)20-17(22)14-3-5-21(6-4-14)25(23,24)16-10-18-11-19-16/h7-11,14H,3-6H2,1-2H3,(H,18,19)(H,20,22). The van der Waals surface area contributed by atoms with Crippen LogP contribution in [0.1, 0.15) is 24.0 Å². The molecule has 1 amide bonds. The molecule has 1 fully saturated rings. The van der Waals surface area contributed by atoms with Crippen LogP contribution in [0.15, 0.2) is 35.7 Å². The number of aromatic amines is 1. The van der Waals surface area contributed by atoms with Crippen LogP contribution in [-0.4, -0.2) is 41.7 Å². The first-order valence-corrected chi connectivity index (χ1v) is 9.68. The Hall–Kier alpha value is -2.19. The van der Waals surface area contributed by atoms with Gasteiger partial charge in [0.25, 0.3) is 10.0 Å². The lowest BCUT2D eigenvalue weighted by molar-refractivity contribution is -0.120. The number of amides is 1. The molecule has 25 heavy (non-hydrogen) atoms. The van der Waals surface area contributed by atoms with E-state index in [1.807, 2.05) is 26.0 Å². The second-order valence-corrected chi connectivity index (χ2v) is 8.37. The molecule has 0 bridgehead atoms. The van der Waals surface area contributed by atoms with Crippen molar-refractivity contribution in [3.8, 4) is 0 Å². The van der Waals surface area contributed by atoms with E-state index >= 15 is 0 Å². The fourth-order valence-corrected chi connectivity index (χ4v) is 4.54. The quantitative estimate of drug-likeness (QED) is 0.870. The topological polar surface area (TPSA) is 95.2 Å².